The van der Waals surface area contributed by atoms with Gasteiger partial charge < -0.3 is 9.80 Å². The number of aryl methyl sites for hydroxylation is 2. The van der Waals surface area contributed by atoms with Gasteiger partial charge in [0.25, 0.3) is 0 Å². The molecule has 0 spiro atoms. The number of aromatic amines is 2. The predicted octanol–water partition coefficient (Wildman–Crippen LogP) is 3.76. The van der Waals surface area contributed by atoms with E-state index in [1.807, 2.05) is 50.5 Å². The van der Waals surface area contributed by atoms with Crippen LogP contribution in [0.5, 0.6) is 0 Å². The molecule has 0 bridgehead atoms. The largest absolute Gasteiger partial charge is 0.369 e. The van der Waals surface area contributed by atoms with E-state index in [4.69, 9.17) is 0 Å². The number of nitrogens with zero attached hydrogens (tertiary/aromatic N) is 6. The Kier molecular flexibility index (Phi) is 9.04. The molecule has 232 valence electrons. The lowest BCUT2D eigenvalue weighted by Gasteiger charge is -2.44. The summed E-state index contributed by atoms with van der Waals surface area (Å²) in [6.45, 7) is 9.89. The van der Waals surface area contributed by atoms with Crippen LogP contribution >= 0.6 is 0 Å². The predicted molar refractivity (Wildman–Crippen MR) is 167 cm³/mol. The number of carbonyl (C=O) groups is 1. The minimum atomic E-state index is -0.325. The SMILES string of the molecule is Cc1[nH]ncc1CC(C(=O)C(Cc1cn[nH]c1C)N1CCN(c2ccc(F)cc2)CC1)N1CCN(c2ccc(F)cc2)CC1. The molecule has 2 aliphatic heterocycles. The maximum Gasteiger partial charge on any atom is 0.167 e. The van der Waals surface area contributed by atoms with Gasteiger partial charge in [0, 0.05) is 75.1 Å². The number of piperazine rings is 2. The van der Waals surface area contributed by atoms with Gasteiger partial charge in [0.05, 0.1) is 24.5 Å². The molecule has 0 aliphatic carbocycles. The van der Waals surface area contributed by atoms with E-state index < -0.39 is 0 Å². The third-order valence-corrected chi connectivity index (χ3v) is 9.25. The quantitative estimate of drug-likeness (QED) is 0.286. The Morgan fingerprint density at radius 2 is 1.02 bits per heavy atom. The Morgan fingerprint density at radius 1 is 0.659 bits per heavy atom. The van der Waals surface area contributed by atoms with Gasteiger partial charge in [-0.05, 0) is 86.3 Å². The first-order valence-electron chi connectivity index (χ1n) is 15.4. The second kappa shape index (κ2) is 13.3. The molecule has 11 heteroatoms. The molecule has 2 aliphatic rings. The van der Waals surface area contributed by atoms with E-state index in [9.17, 15) is 13.6 Å². The Hall–Kier alpha value is -4.09. The number of H-pyrrole nitrogens is 2. The zero-order valence-corrected chi connectivity index (χ0v) is 25.3. The van der Waals surface area contributed by atoms with Gasteiger partial charge >= 0.3 is 0 Å². The average molecular weight is 603 g/mol. The highest BCUT2D eigenvalue weighted by Gasteiger charge is 2.38. The van der Waals surface area contributed by atoms with Crippen LogP contribution in [-0.4, -0.2) is 100 Å². The molecule has 4 aromatic rings. The molecule has 6 rings (SSSR count). The van der Waals surface area contributed by atoms with Crippen molar-refractivity contribution in [2.45, 2.75) is 38.8 Å². The highest BCUT2D eigenvalue weighted by Crippen LogP contribution is 2.25. The number of ketones is 1. The number of benzene rings is 2. The number of halogens is 2. The molecule has 0 radical (unpaired) electrons. The highest BCUT2D eigenvalue weighted by molar-refractivity contribution is 5.90. The van der Waals surface area contributed by atoms with Gasteiger partial charge in [-0.2, -0.15) is 10.2 Å². The van der Waals surface area contributed by atoms with Crippen molar-refractivity contribution in [3.63, 3.8) is 0 Å². The minimum Gasteiger partial charge on any atom is -0.369 e. The third-order valence-electron chi connectivity index (χ3n) is 9.25. The van der Waals surface area contributed by atoms with Gasteiger partial charge in [-0.3, -0.25) is 24.8 Å². The lowest BCUT2D eigenvalue weighted by atomic mass is 9.91. The normalized spacial score (nSPS) is 18.0. The topological polar surface area (TPSA) is 87.4 Å². The molecule has 2 fully saturated rings. The summed E-state index contributed by atoms with van der Waals surface area (Å²) in [6.07, 6.45) is 4.82. The van der Waals surface area contributed by atoms with Gasteiger partial charge in [0.2, 0.25) is 0 Å². The summed E-state index contributed by atoms with van der Waals surface area (Å²) < 4.78 is 27.1. The maximum atomic E-state index is 14.8. The molecule has 2 saturated heterocycles. The summed E-state index contributed by atoms with van der Waals surface area (Å²) in [5.41, 5.74) is 6.03. The molecule has 44 heavy (non-hydrogen) atoms. The molecule has 2 aromatic heterocycles. The van der Waals surface area contributed by atoms with Gasteiger partial charge in [-0.25, -0.2) is 8.78 Å². The van der Waals surface area contributed by atoms with Crippen LogP contribution in [0.3, 0.4) is 0 Å². The monoisotopic (exact) mass is 602 g/mol. The number of carbonyl (C=O) groups excluding carboxylic acids is 1. The second-order valence-corrected chi connectivity index (χ2v) is 11.9. The first kappa shape index (κ1) is 30.0. The fourth-order valence-corrected chi connectivity index (χ4v) is 6.51. The minimum absolute atomic E-state index is 0.205. The van der Waals surface area contributed by atoms with E-state index in [1.165, 1.54) is 24.3 Å². The lowest BCUT2D eigenvalue weighted by molar-refractivity contribution is -0.130. The average Bonchev–Trinajstić information content (AvgIpc) is 3.65. The molecule has 2 unspecified atom stereocenters. The van der Waals surface area contributed by atoms with E-state index in [0.29, 0.717) is 12.8 Å². The Balaban J connectivity index is 1.23. The van der Waals surface area contributed by atoms with Crippen molar-refractivity contribution in [1.29, 1.82) is 0 Å². The first-order chi connectivity index (χ1) is 21.4. The number of aromatic nitrogens is 4. The summed E-state index contributed by atoms with van der Waals surface area (Å²) in [6, 6.07) is 12.6. The fourth-order valence-electron chi connectivity index (χ4n) is 6.51. The smallest absolute Gasteiger partial charge is 0.167 e. The van der Waals surface area contributed by atoms with E-state index in [0.717, 1.165) is 86.2 Å². The number of Topliss-reactive ketones (excluding diaryl/α,β-unsaturated/α-hetero) is 1. The molecule has 0 saturated carbocycles. The zero-order chi connectivity index (χ0) is 30.6. The zero-order valence-electron chi connectivity index (χ0n) is 25.3. The number of hydrogen-bond donors (Lipinski definition) is 2. The van der Waals surface area contributed by atoms with Crippen LogP contribution in [0.4, 0.5) is 20.2 Å². The Bertz CT molecular complexity index is 1410. The summed E-state index contributed by atoms with van der Waals surface area (Å²) in [4.78, 5) is 24.0. The van der Waals surface area contributed by atoms with Crippen LogP contribution in [0.2, 0.25) is 0 Å². The standard InChI is InChI=1S/C33H40F2N8O/c1-23-25(21-36-38-23)19-31(42-15-11-40(12-16-42)29-7-3-27(34)4-8-29)33(44)32(20-26-22-37-39-24(26)2)43-17-13-41(14-18-43)30-9-5-28(35)6-10-30/h3-10,21-22,31-32H,11-20H2,1-2H3,(H,36,38)(H,37,39). The van der Waals surface area contributed by atoms with E-state index >= 15 is 0 Å². The fraction of sp³-hybridized carbons (Fsp3) is 0.424. The highest BCUT2D eigenvalue weighted by atomic mass is 19.1. The van der Waals surface area contributed by atoms with Crippen molar-refractivity contribution in [1.82, 2.24) is 30.2 Å². The maximum absolute atomic E-state index is 14.8. The molecule has 2 N–H and O–H groups in total. The number of nitrogens with one attached hydrogen (secondary N) is 2. The number of rotatable bonds is 10. The van der Waals surface area contributed by atoms with Gasteiger partial charge in [0.15, 0.2) is 5.78 Å². The summed E-state index contributed by atoms with van der Waals surface area (Å²) in [5, 5.41) is 14.6. The van der Waals surface area contributed by atoms with Gasteiger partial charge in [-0.1, -0.05) is 0 Å². The van der Waals surface area contributed by atoms with Crippen molar-refractivity contribution in [2.24, 2.45) is 0 Å². The van der Waals surface area contributed by atoms with Crippen molar-refractivity contribution in [3.8, 4) is 0 Å². The Morgan fingerprint density at radius 3 is 1.34 bits per heavy atom. The van der Waals surface area contributed by atoms with Crippen LogP contribution < -0.4 is 9.80 Å². The van der Waals surface area contributed by atoms with Crippen LogP contribution in [0.25, 0.3) is 0 Å². The lowest BCUT2D eigenvalue weighted by Crippen LogP contribution is -2.60. The molecule has 2 aromatic carbocycles. The van der Waals surface area contributed by atoms with Crippen LogP contribution in [0.1, 0.15) is 22.5 Å². The molecule has 9 nitrogen and oxygen atoms in total. The van der Waals surface area contributed by atoms with Crippen LogP contribution in [-0.2, 0) is 17.6 Å². The van der Waals surface area contributed by atoms with Crippen molar-refractivity contribution in [3.05, 3.63) is 95.1 Å². The van der Waals surface area contributed by atoms with Gasteiger partial charge in [-0.15, -0.1) is 0 Å². The summed E-state index contributed by atoms with van der Waals surface area (Å²) in [5.74, 6) is -0.284. The van der Waals surface area contributed by atoms with Crippen molar-refractivity contribution >= 4 is 17.2 Å². The van der Waals surface area contributed by atoms with E-state index in [1.54, 1.807) is 0 Å². The number of anilines is 2. The van der Waals surface area contributed by atoms with Crippen molar-refractivity contribution < 1.29 is 13.6 Å². The third kappa shape index (κ3) is 6.68. The first-order valence-corrected chi connectivity index (χ1v) is 15.4. The summed E-state index contributed by atoms with van der Waals surface area (Å²) >= 11 is 0. The van der Waals surface area contributed by atoms with Crippen LogP contribution in [0.15, 0.2) is 60.9 Å². The molecule has 4 heterocycles. The second-order valence-electron chi connectivity index (χ2n) is 11.9. The van der Waals surface area contributed by atoms with E-state index in [2.05, 4.69) is 40.0 Å². The Labute approximate surface area is 256 Å². The summed E-state index contributed by atoms with van der Waals surface area (Å²) in [7, 11) is 0. The van der Waals surface area contributed by atoms with E-state index in [-0.39, 0.29) is 29.5 Å². The van der Waals surface area contributed by atoms with Crippen molar-refractivity contribution in [2.75, 3.05) is 62.2 Å². The molecular weight excluding hydrogens is 562 g/mol. The van der Waals surface area contributed by atoms with Crippen LogP contribution in [0, 0.1) is 25.5 Å². The molecule has 2 atom stereocenters. The van der Waals surface area contributed by atoms with Gasteiger partial charge in [0.1, 0.15) is 11.6 Å². The molecule has 0 amide bonds. The number of hydrogen-bond acceptors (Lipinski definition) is 7. The molecular formula is C33H40F2N8O.